The molecule has 5 nitrogen and oxygen atoms in total. The van der Waals surface area contributed by atoms with Crippen molar-refractivity contribution in [1.29, 1.82) is 0 Å². The summed E-state index contributed by atoms with van der Waals surface area (Å²) in [5.74, 6) is 1.06. The van der Waals surface area contributed by atoms with E-state index in [-0.39, 0.29) is 6.04 Å². The molecule has 1 atom stereocenters. The van der Waals surface area contributed by atoms with Crippen molar-refractivity contribution >= 4 is 34.7 Å². The molecule has 0 saturated carbocycles. The third kappa shape index (κ3) is 4.74. The van der Waals surface area contributed by atoms with Crippen LogP contribution in [-0.4, -0.2) is 26.4 Å². The molecule has 2 heterocycles. The standard InChI is InChI=1S/C28H26N4OS2/c1-18-9-7-8-12-22(18)17-32-19(2)24(25(29-28(32)34)20-10-5-4-6-11-20)27-30-26(31-33-27)21-13-15-23(35-3)16-14-21/h4-16,25H,17H2,1-3H3,(H,29,34). The molecule has 0 aliphatic carbocycles. The summed E-state index contributed by atoms with van der Waals surface area (Å²) in [6, 6.07) is 26.6. The number of hydrogen-bond acceptors (Lipinski definition) is 5. The minimum absolute atomic E-state index is 0.191. The van der Waals surface area contributed by atoms with E-state index in [2.05, 4.69) is 84.0 Å². The first-order valence-electron chi connectivity index (χ1n) is 11.4. The van der Waals surface area contributed by atoms with Crippen LogP contribution in [0.5, 0.6) is 0 Å². The maximum atomic E-state index is 5.86. The number of thiocarbonyl (C=S) groups is 1. The summed E-state index contributed by atoms with van der Waals surface area (Å²) < 4.78 is 5.86. The van der Waals surface area contributed by atoms with Gasteiger partial charge in [0.2, 0.25) is 5.82 Å². The predicted octanol–water partition coefficient (Wildman–Crippen LogP) is 6.63. The Morgan fingerprint density at radius 1 is 0.971 bits per heavy atom. The Kier molecular flexibility index (Phi) is 6.70. The van der Waals surface area contributed by atoms with Crippen LogP contribution in [0.25, 0.3) is 17.0 Å². The molecule has 3 aromatic carbocycles. The Labute approximate surface area is 215 Å². The zero-order chi connectivity index (χ0) is 24.4. The Balaban J connectivity index is 1.58. The Hall–Kier alpha value is -3.42. The third-order valence-corrected chi connectivity index (χ3v) is 7.41. The lowest BCUT2D eigenvalue weighted by molar-refractivity contribution is 0.396. The lowest BCUT2D eigenvalue weighted by atomic mass is 9.94. The molecular weight excluding hydrogens is 472 g/mol. The highest BCUT2D eigenvalue weighted by molar-refractivity contribution is 7.98. The van der Waals surface area contributed by atoms with Crippen molar-refractivity contribution < 1.29 is 4.52 Å². The van der Waals surface area contributed by atoms with E-state index < -0.39 is 0 Å². The van der Waals surface area contributed by atoms with Gasteiger partial charge in [-0.15, -0.1) is 11.8 Å². The van der Waals surface area contributed by atoms with Crippen LogP contribution in [-0.2, 0) is 6.54 Å². The molecule has 0 amide bonds. The summed E-state index contributed by atoms with van der Waals surface area (Å²) in [7, 11) is 0. The molecule has 176 valence electrons. The Morgan fingerprint density at radius 3 is 2.40 bits per heavy atom. The largest absolute Gasteiger partial charge is 0.351 e. The number of benzene rings is 3. The number of aryl methyl sites for hydroxylation is 1. The van der Waals surface area contributed by atoms with E-state index in [1.165, 1.54) is 16.0 Å². The number of rotatable bonds is 6. The van der Waals surface area contributed by atoms with Crippen LogP contribution in [0.4, 0.5) is 0 Å². The molecule has 4 aromatic rings. The van der Waals surface area contributed by atoms with Crippen molar-refractivity contribution in [3.05, 3.63) is 107 Å². The van der Waals surface area contributed by atoms with Gasteiger partial charge in [0.05, 0.1) is 18.2 Å². The van der Waals surface area contributed by atoms with Gasteiger partial charge < -0.3 is 14.7 Å². The maximum Gasteiger partial charge on any atom is 0.258 e. The minimum Gasteiger partial charge on any atom is -0.351 e. The van der Waals surface area contributed by atoms with E-state index in [0.717, 1.165) is 22.4 Å². The van der Waals surface area contributed by atoms with Gasteiger partial charge >= 0.3 is 0 Å². The van der Waals surface area contributed by atoms with Gasteiger partial charge in [0, 0.05) is 16.2 Å². The second-order valence-electron chi connectivity index (χ2n) is 8.46. The zero-order valence-electron chi connectivity index (χ0n) is 19.9. The first kappa shape index (κ1) is 23.3. The van der Waals surface area contributed by atoms with E-state index in [1.807, 2.05) is 30.3 Å². The number of allylic oxidation sites excluding steroid dienone is 1. The van der Waals surface area contributed by atoms with E-state index in [1.54, 1.807) is 11.8 Å². The summed E-state index contributed by atoms with van der Waals surface area (Å²) in [6.07, 6.45) is 2.06. The molecule has 7 heteroatoms. The Bertz CT molecular complexity index is 1380. The van der Waals surface area contributed by atoms with Crippen LogP contribution >= 0.6 is 24.0 Å². The molecule has 35 heavy (non-hydrogen) atoms. The fraction of sp³-hybridized carbons (Fsp3) is 0.179. The maximum absolute atomic E-state index is 5.86. The van der Waals surface area contributed by atoms with Crippen molar-refractivity contribution in [2.45, 2.75) is 31.3 Å². The van der Waals surface area contributed by atoms with Gasteiger partial charge in [-0.25, -0.2) is 0 Å². The molecule has 0 radical (unpaired) electrons. The molecule has 5 rings (SSSR count). The van der Waals surface area contributed by atoms with Crippen molar-refractivity contribution in [2.24, 2.45) is 0 Å². The van der Waals surface area contributed by atoms with Crippen LogP contribution in [0.3, 0.4) is 0 Å². The van der Waals surface area contributed by atoms with E-state index in [0.29, 0.717) is 23.4 Å². The topological polar surface area (TPSA) is 54.2 Å². The van der Waals surface area contributed by atoms with Crippen molar-refractivity contribution in [3.8, 4) is 11.4 Å². The van der Waals surface area contributed by atoms with Gasteiger partial charge in [-0.1, -0.05) is 59.8 Å². The highest BCUT2D eigenvalue weighted by Crippen LogP contribution is 2.38. The number of thioether (sulfide) groups is 1. The molecule has 1 aliphatic rings. The van der Waals surface area contributed by atoms with Crippen molar-refractivity contribution in [1.82, 2.24) is 20.4 Å². The predicted molar refractivity (Wildman–Crippen MR) is 146 cm³/mol. The molecule has 0 saturated heterocycles. The van der Waals surface area contributed by atoms with E-state index in [9.17, 15) is 0 Å². The molecule has 0 spiro atoms. The highest BCUT2D eigenvalue weighted by atomic mass is 32.2. The van der Waals surface area contributed by atoms with E-state index >= 15 is 0 Å². The summed E-state index contributed by atoms with van der Waals surface area (Å²) >= 11 is 7.55. The van der Waals surface area contributed by atoms with Crippen LogP contribution in [0.15, 0.2) is 94.0 Å². The molecule has 1 unspecified atom stereocenters. The summed E-state index contributed by atoms with van der Waals surface area (Å²) in [4.78, 5) is 8.12. The van der Waals surface area contributed by atoms with Crippen molar-refractivity contribution in [3.63, 3.8) is 0 Å². The van der Waals surface area contributed by atoms with Gasteiger partial charge in [-0.2, -0.15) is 4.98 Å². The quantitative estimate of drug-likeness (QED) is 0.236. The molecule has 0 fully saturated rings. The fourth-order valence-corrected chi connectivity index (χ4v) is 5.02. The summed E-state index contributed by atoms with van der Waals surface area (Å²) in [6.45, 7) is 4.86. The molecule has 1 aliphatic heterocycles. The monoisotopic (exact) mass is 498 g/mol. The lowest BCUT2D eigenvalue weighted by Crippen LogP contribution is -2.45. The minimum atomic E-state index is -0.191. The second-order valence-corrected chi connectivity index (χ2v) is 9.72. The molecule has 0 bridgehead atoms. The van der Waals surface area contributed by atoms with Crippen LogP contribution < -0.4 is 5.32 Å². The van der Waals surface area contributed by atoms with Crippen LogP contribution in [0.1, 0.15) is 35.5 Å². The average Bonchev–Trinajstić information content (AvgIpc) is 3.37. The first-order valence-corrected chi connectivity index (χ1v) is 13.0. The van der Waals surface area contributed by atoms with E-state index in [4.69, 9.17) is 21.7 Å². The zero-order valence-corrected chi connectivity index (χ0v) is 21.5. The number of hydrogen-bond donors (Lipinski definition) is 1. The SMILES string of the molecule is CSc1ccc(-c2noc(C3=C(C)N(Cc4ccccc4C)C(=S)NC3c3ccccc3)n2)cc1. The normalized spacial score (nSPS) is 15.9. The van der Waals surface area contributed by atoms with Gasteiger partial charge in [-0.05, 0) is 73.3 Å². The Morgan fingerprint density at radius 2 is 1.69 bits per heavy atom. The lowest BCUT2D eigenvalue weighted by Gasteiger charge is -2.37. The summed E-state index contributed by atoms with van der Waals surface area (Å²) in [5, 5.41) is 8.53. The summed E-state index contributed by atoms with van der Waals surface area (Å²) in [5.41, 5.74) is 6.38. The smallest absolute Gasteiger partial charge is 0.258 e. The molecule has 1 N–H and O–H groups in total. The number of aromatic nitrogens is 2. The second kappa shape index (κ2) is 10.1. The average molecular weight is 499 g/mol. The fourth-order valence-electron chi connectivity index (χ4n) is 4.29. The highest BCUT2D eigenvalue weighted by Gasteiger charge is 2.34. The van der Waals surface area contributed by atoms with Gasteiger partial charge in [0.1, 0.15) is 0 Å². The van der Waals surface area contributed by atoms with Gasteiger partial charge in [0.15, 0.2) is 5.11 Å². The first-order chi connectivity index (χ1) is 17.0. The van der Waals surface area contributed by atoms with Gasteiger partial charge in [-0.3, -0.25) is 0 Å². The third-order valence-electron chi connectivity index (χ3n) is 6.32. The molecular formula is C28H26N4OS2. The van der Waals surface area contributed by atoms with Crippen molar-refractivity contribution in [2.75, 3.05) is 6.26 Å². The van der Waals surface area contributed by atoms with Crippen LogP contribution in [0.2, 0.25) is 0 Å². The number of nitrogens with one attached hydrogen (secondary N) is 1. The van der Waals surface area contributed by atoms with Gasteiger partial charge in [0.25, 0.3) is 5.89 Å². The molecule has 1 aromatic heterocycles. The number of nitrogens with zero attached hydrogens (tertiary/aromatic N) is 3. The van der Waals surface area contributed by atoms with Crippen LogP contribution in [0, 0.1) is 6.92 Å².